The van der Waals surface area contributed by atoms with Crippen molar-refractivity contribution < 1.29 is 14.3 Å². The molecule has 1 fully saturated rings. The Balaban J connectivity index is 1.20. The molecule has 0 spiro atoms. The van der Waals surface area contributed by atoms with E-state index in [1.807, 2.05) is 24.3 Å². The quantitative estimate of drug-likeness (QED) is 0.406. The van der Waals surface area contributed by atoms with Crippen molar-refractivity contribution in [3.8, 4) is 10.6 Å². The molecule has 9 nitrogen and oxygen atoms in total. The lowest BCUT2D eigenvalue weighted by Gasteiger charge is -2.22. The fourth-order valence-electron chi connectivity index (χ4n) is 3.17. The molecule has 0 bridgehead atoms. The molecule has 0 aliphatic carbocycles. The highest BCUT2D eigenvalue weighted by Gasteiger charge is 2.13. The molecule has 1 atom stereocenters. The van der Waals surface area contributed by atoms with E-state index in [0.717, 1.165) is 42.9 Å². The first kappa shape index (κ1) is 22.1. The van der Waals surface area contributed by atoms with Crippen molar-refractivity contribution in [3.63, 3.8) is 0 Å². The molecule has 3 N–H and O–H groups in total. The molecule has 0 radical (unpaired) electrons. The summed E-state index contributed by atoms with van der Waals surface area (Å²) in [6.07, 6.45) is 7.44. The molecule has 4 heterocycles. The molecule has 10 heteroatoms. The molecule has 4 rings (SSSR count). The Labute approximate surface area is 190 Å². The molecule has 0 aromatic carbocycles. The number of carbonyl (C=O) groups excluding carboxylic acids is 1. The fraction of sp³-hybridized carbons (Fsp3) is 0.364. The molecule has 1 saturated heterocycles. The van der Waals surface area contributed by atoms with Crippen LogP contribution >= 0.6 is 11.3 Å². The van der Waals surface area contributed by atoms with Crippen LogP contribution in [0.15, 0.2) is 48.1 Å². The van der Waals surface area contributed by atoms with E-state index in [1.165, 1.54) is 11.3 Å². The second-order valence-corrected chi connectivity index (χ2v) is 8.07. The van der Waals surface area contributed by atoms with Crippen LogP contribution in [0.1, 0.15) is 25.7 Å². The molecule has 3 aromatic rings. The monoisotopic (exact) mass is 454 g/mol. The van der Waals surface area contributed by atoms with Crippen LogP contribution in [-0.2, 0) is 9.47 Å². The summed E-state index contributed by atoms with van der Waals surface area (Å²) in [5.74, 6) is 1.62. The van der Waals surface area contributed by atoms with E-state index >= 15 is 0 Å². The largest absolute Gasteiger partial charge is 0.370 e. The van der Waals surface area contributed by atoms with Crippen LogP contribution in [0.5, 0.6) is 0 Å². The van der Waals surface area contributed by atoms with E-state index in [0.29, 0.717) is 30.6 Å². The van der Waals surface area contributed by atoms with Gasteiger partial charge in [-0.2, -0.15) is 0 Å². The minimum atomic E-state index is -0.401. The number of hydrogen-bond acceptors (Lipinski definition) is 8. The predicted molar refractivity (Wildman–Crippen MR) is 125 cm³/mol. The van der Waals surface area contributed by atoms with Crippen LogP contribution in [0.25, 0.3) is 10.6 Å². The second-order valence-electron chi connectivity index (χ2n) is 7.21. The van der Waals surface area contributed by atoms with E-state index in [4.69, 9.17) is 9.47 Å². The van der Waals surface area contributed by atoms with E-state index in [9.17, 15) is 4.79 Å². The fourth-order valence-corrected chi connectivity index (χ4v) is 3.93. The Morgan fingerprint density at radius 2 is 1.94 bits per heavy atom. The Hall–Kier alpha value is -3.08. The molecule has 2 amide bonds. The minimum Gasteiger partial charge on any atom is -0.370 e. The van der Waals surface area contributed by atoms with Gasteiger partial charge in [0.25, 0.3) is 0 Å². The Kier molecular flexibility index (Phi) is 7.96. The van der Waals surface area contributed by atoms with Crippen LogP contribution in [0, 0.1) is 0 Å². The number of carbonyl (C=O) groups is 1. The second kappa shape index (κ2) is 11.5. The van der Waals surface area contributed by atoms with Gasteiger partial charge in [0.05, 0.1) is 6.61 Å². The summed E-state index contributed by atoms with van der Waals surface area (Å²) in [7, 11) is 0. The maximum atomic E-state index is 12.3. The number of urea groups is 1. The molecular weight excluding hydrogens is 428 g/mol. The van der Waals surface area contributed by atoms with E-state index < -0.39 is 6.03 Å². The van der Waals surface area contributed by atoms with Gasteiger partial charge in [0, 0.05) is 36.5 Å². The maximum absolute atomic E-state index is 12.3. The number of nitrogens with one attached hydrogen (secondary N) is 3. The molecule has 1 aliphatic rings. The van der Waals surface area contributed by atoms with E-state index in [-0.39, 0.29) is 6.29 Å². The van der Waals surface area contributed by atoms with Crippen molar-refractivity contribution in [1.82, 2.24) is 15.0 Å². The lowest BCUT2D eigenvalue weighted by molar-refractivity contribution is -0.162. The first-order valence-corrected chi connectivity index (χ1v) is 11.5. The van der Waals surface area contributed by atoms with Crippen molar-refractivity contribution in [3.05, 3.63) is 48.1 Å². The third-order valence-electron chi connectivity index (χ3n) is 4.73. The van der Waals surface area contributed by atoms with Gasteiger partial charge in [-0.25, -0.2) is 14.8 Å². The highest BCUT2D eigenvalue weighted by Crippen LogP contribution is 2.25. The number of nitrogens with zero attached hydrogens (tertiary/aromatic N) is 3. The number of aromatic nitrogens is 3. The van der Waals surface area contributed by atoms with Gasteiger partial charge in [-0.05, 0) is 49.9 Å². The lowest BCUT2D eigenvalue weighted by Crippen LogP contribution is -2.23. The summed E-state index contributed by atoms with van der Waals surface area (Å²) in [6, 6.07) is 8.78. The molecule has 1 aliphatic heterocycles. The normalized spacial score (nSPS) is 15.8. The van der Waals surface area contributed by atoms with Gasteiger partial charge in [-0.1, -0.05) is 6.07 Å². The van der Waals surface area contributed by atoms with Crippen LogP contribution in [0.3, 0.4) is 0 Å². The average Bonchev–Trinajstić information content (AvgIpc) is 3.29. The van der Waals surface area contributed by atoms with Gasteiger partial charge >= 0.3 is 6.03 Å². The Morgan fingerprint density at radius 1 is 1.09 bits per heavy atom. The van der Waals surface area contributed by atoms with Gasteiger partial charge in [0.15, 0.2) is 6.29 Å². The highest BCUT2D eigenvalue weighted by atomic mass is 32.1. The van der Waals surface area contributed by atoms with Crippen LogP contribution in [0.4, 0.5) is 22.2 Å². The summed E-state index contributed by atoms with van der Waals surface area (Å²) in [5, 5.41) is 11.3. The van der Waals surface area contributed by atoms with Crippen molar-refractivity contribution in [2.75, 3.05) is 35.7 Å². The summed E-state index contributed by atoms with van der Waals surface area (Å²) >= 11 is 1.45. The molecule has 168 valence electrons. The first-order chi connectivity index (χ1) is 15.8. The van der Waals surface area contributed by atoms with Crippen molar-refractivity contribution in [2.24, 2.45) is 0 Å². The third-order valence-corrected chi connectivity index (χ3v) is 5.62. The number of amides is 2. The minimum absolute atomic E-state index is 0.0635. The topological polar surface area (TPSA) is 110 Å². The summed E-state index contributed by atoms with van der Waals surface area (Å²) in [5.41, 5.74) is 0.954. The maximum Gasteiger partial charge on any atom is 0.326 e. The van der Waals surface area contributed by atoms with Gasteiger partial charge in [0.2, 0.25) is 0 Å². The summed E-state index contributed by atoms with van der Waals surface area (Å²) in [6.45, 7) is 2.13. The zero-order valence-electron chi connectivity index (χ0n) is 17.6. The summed E-state index contributed by atoms with van der Waals surface area (Å²) in [4.78, 5) is 25.2. The van der Waals surface area contributed by atoms with Crippen LogP contribution in [0.2, 0.25) is 0 Å². The van der Waals surface area contributed by atoms with Crippen molar-refractivity contribution in [2.45, 2.75) is 32.0 Å². The smallest absolute Gasteiger partial charge is 0.326 e. The molecule has 0 saturated carbocycles. The molecule has 1 unspecified atom stereocenters. The van der Waals surface area contributed by atoms with Crippen molar-refractivity contribution >= 4 is 34.8 Å². The predicted octanol–water partition coefficient (Wildman–Crippen LogP) is 4.59. The number of ether oxygens (including phenoxy) is 2. The number of anilines is 3. The van der Waals surface area contributed by atoms with Gasteiger partial charge < -0.3 is 14.8 Å². The molecule has 3 aromatic heterocycles. The highest BCUT2D eigenvalue weighted by molar-refractivity contribution is 7.13. The first-order valence-electron chi connectivity index (χ1n) is 10.6. The number of rotatable bonds is 9. The lowest BCUT2D eigenvalue weighted by atomic mass is 10.2. The third kappa shape index (κ3) is 6.71. The van der Waals surface area contributed by atoms with Gasteiger partial charge in [-0.15, -0.1) is 11.3 Å². The SMILES string of the molecule is O=C(Nc1cccc(NCCCOC2CCCCO2)n1)Nc1csc(-c2ccncc2)n1. The van der Waals surface area contributed by atoms with E-state index in [1.54, 1.807) is 23.8 Å². The molecular formula is C22H26N6O3S. The number of hydrogen-bond donors (Lipinski definition) is 3. The zero-order chi connectivity index (χ0) is 22.0. The van der Waals surface area contributed by atoms with E-state index in [2.05, 4.69) is 30.9 Å². The summed E-state index contributed by atoms with van der Waals surface area (Å²) < 4.78 is 11.3. The molecule has 32 heavy (non-hydrogen) atoms. The van der Waals surface area contributed by atoms with Gasteiger partial charge in [0.1, 0.15) is 22.5 Å². The standard InChI is InChI=1S/C22H26N6O3S/c29-22(28-19-15-32-21(26-19)16-8-11-23-12-9-16)27-18-6-3-5-17(25-18)24-10-4-14-31-20-7-1-2-13-30-20/h3,5-6,8-9,11-12,15,20H,1-2,4,7,10,13-14H2,(H3,24,25,27,28,29). The van der Waals surface area contributed by atoms with Crippen molar-refractivity contribution in [1.29, 1.82) is 0 Å². The van der Waals surface area contributed by atoms with Crippen LogP contribution in [-0.4, -0.2) is 47.0 Å². The number of thiazole rings is 1. The Bertz CT molecular complexity index is 994. The van der Waals surface area contributed by atoms with Gasteiger partial charge in [-0.3, -0.25) is 15.6 Å². The zero-order valence-corrected chi connectivity index (χ0v) is 18.4. The average molecular weight is 455 g/mol. The Morgan fingerprint density at radius 3 is 2.78 bits per heavy atom. The number of pyridine rings is 2. The van der Waals surface area contributed by atoms with Crippen LogP contribution < -0.4 is 16.0 Å².